The highest BCUT2D eigenvalue weighted by Gasteiger charge is 2.15. The van der Waals surface area contributed by atoms with Gasteiger partial charge in [-0.2, -0.15) is 0 Å². The molecule has 0 aliphatic heterocycles. The van der Waals surface area contributed by atoms with Gasteiger partial charge in [-0.05, 0) is 19.1 Å². The van der Waals surface area contributed by atoms with Crippen molar-refractivity contribution in [3.05, 3.63) is 35.9 Å². The summed E-state index contributed by atoms with van der Waals surface area (Å²) >= 11 is 0. The first-order valence-corrected chi connectivity index (χ1v) is 4.96. The summed E-state index contributed by atoms with van der Waals surface area (Å²) in [5.41, 5.74) is 7.26. The topological polar surface area (TPSA) is 65.2 Å². The predicted molar refractivity (Wildman–Crippen MR) is 60.9 cm³/mol. The summed E-state index contributed by atoms with van der Waals surface area (Å²) in [5.74, 6) is 1.65. The van der Waals surface area contributed by atoms with E-state index in [4.69, 9.17) is 14.7 Å². The van der Waals surface area contributed by atoms with E-state index in [9.17, 15) is 0 Å². The third kappa shape index (κ3) is 1.20. The normalized spacial score (nSPS) is 11.1. The smallest absolute Gasteiger partial charge is 0.207 e. The molecule has 0 spiro atoms. The van der Waals surface area contributed by atoms with Crippen molar-refractivity contribution < 1.29 is 8.94 Å². The van der Waals surface area contributed by atoms with Crippen molar-refractivity contribution in [2.24, 2.45) is 0 Å². The van der Waals surface area contributed by atoms with E-state index in [0.717, 1.165) is 16.5 Å². The van der Waals surface area contributed by atoms with Gasteiger partial charge in [-0.25, -0.2) is 0 Å². The monoisotopic (exact) mass is 214 g/mol. The number of furan rings is 1. The standard InChI is InChI=1S/C12H10N2O2/c1-7-11(16-14-12(7)13)10-6-8-4-2-3-5-9(8)15-10/h2-6H,1H3,(H2,13,14). The molecule has 80 valence electrons. The number of aromatic nitrogens is 1. The molecule has 0 atom stereocenters. The van der Waals surface area contributed by atoms with Crippen LogP contribution in [0.1, 0.15) is 5.56 Å². The van der Waals surface area contributed by atoms with E-state index < -0.39 is 0 Å². The second-order valence-corrected chi connectivity index (χ2v) is 3.67. The Bertz CT molecular complexity index is 619. The third-order valence-corrected chi connectivity index (χ3v) is 2.61. The van der Waals surface area contributed by atoms with Gasteiger partial charge in [-0.3, -0.25) is 0 Å². The lowest BCUT2D eigenvalue weighted by molar-refractivity contribution is 0.423. The Morgan fingerprint density at radius 3 is 2.75 bits per heavy atom. The molecule has 0 saturated heterocycles. The zero-order chi connectivity index (χ0) is 11.1. The number of nitrogens with zero attached hydrogens (tertiary/aromatic N) is 1. The molecule has 3 rings (SSSR count). The molecule has 1 aromatic carbocycles. The minimum atomic E-state index is 0.399. The van der Waals surface area contributed by atoms with Crippen molar-refractivity contribution in [3.63, 3.8) is 0 Å². The SMILES string of the molecule is Cc1c(N)noc1-c1cc2ccccc2o1. The molecule has 0 radical (unpaired) electrons. The van der Waals surface area contributed by atoms with Crippen LogP contribution in [0.4, 0.5) is 5.82 Å². The molecule has 0 aliphatic carbocycles. The predicted octanol–water partition coefficient (Wildman–Crippen LogP) is 2.98. The number of para-hydroxylation sites is 1. The van der Waals surface area contributed by atoms with E-state index in [2.05, 4.69) is 5.16 Å². The van der Waals surface area contributed by atoms with E-state index in [1.807, 2.05) is 37.3 Å². The zero-order valence-electron chi connectivity index (χ0n) is 8.73. The number of fused-ring (bicyclic) bond motifs is 1. The maximum atomic E-state index is 5.66. The molecule has 0 aliphatic rings. The van der Waals surface area contributed by atoms with Crippen molar-refractivity contribution >= 4 is 16.8 Å². The van der Waals surface area contributed by atoms with Crippen LogP contribution in [0.25, 0.3) is 22.5 Å². The summed E-state index contributed by atoms with van der Waals surface area (Å²) in [6.45, 7) is 1.86. The second-order valence-electron chi connectivity index (χ2n) is 3.67. The molecule has 3 aromatic rings. The van der Waals surface area contributed by atoms with E-state index in [1.165, 1.54) is 0 Å². The van der Waals surface area contributed by atoms with Gasteiger partial charge in [0, 0.05) is 10.9 Å². The first kappa shape index (κ1) is 9.03. The number of benzene rings is 1. The highest BCUT2D eigenvalue weighted by atomic mass is 16.5. The second kappa shape index (κ2) is 3.13. The number of nitrogen functional groups attached to an aromatic ring is 1. The average molecular weight is 214 g/mol. The van der Waals surface area contributed by atoms with Crippen molar-refractivity contribution in [1.82, 2.24) is 5.16 Å². The molecule has 2 heterocycles. The van der Waals surface area contributed by atoms with Crippen LogP contribution in [0, 0.1) is 6.92 Å². The van der Waals surface area contributed by atoms with Crippen molar-refractivity contribution in [3.8, 4) is 11.5 Å². The number of rotatable bonds is 1. The maximum absolute atomic E-state index is 5.66. The average Bonchev–Trinajstić information content (AvgIpc) is 2.84. The minimum Gasteiger partial charge on any atom is -0.453 e. The molecule has 4 heteroatoms. The number of hydrogen-bond acceptors (Lipinski definition) is 4. The molecule has 0 bridgehead atoms. The van der Waals surface area contributed by atoms with Crippen LogP contribution >= 0.6 is 0 Å². The number of nitrogens with two attached hydrogens (primary N) is 1. The van der Waals surface area contributed by atoms with Crippen LogP contribution in [0.2, 0.25) is 0 Å². The molecule has 4 nitrogen and oxygen atoms in total. The van der Waals surface area contributed by atoms with Gasteiger partial charge in [0.15, 0.2) is 11.6 Å². The van der Waals surface area contributed by atoms with Crippen molar-refractivity contribution in [2.45, 2.75) is 6.92 Å². The Balaban J connectivity index is 2.23. The van der Waals surface area contributed by atoms with Gasteiger partial charge < -0.3 is 14.7 Å². The van der Waals surface area contributed by atoms with Crippen LogP contribution in [-0.4, -0.2) is 5.16 Å². The summed E-state index contributed by atoms with van der Waals surface area (Å²) in [7, 11) is 0. The fourth-order valence-corrected chi connectivity index (χ4v) is 1.67. The molecule has 0 amide bonds. The molecule has 0 unspecified atom stereocenters. The Morgan fingerprint density at radius 2 is 2.06 bits per heavy atom. The fraction of sp³-hybridized carbons (Fsp3) is 0.0833. The Morgan fingerprint density at radius 1 is 1.25 bits per heavy atom. The fourth-order valence-electron chi connectivity index (χ4n) is 1.67. The van der Waals surface area contributed by atoms with E-state index in [-0.39, 0.29) is 0 Å². The molecular formula is C12H10N2O2. The van der Waals surface area contributed by atoms with Crippen LogP contribution in [-0.2, 0) is 0 Å². The molecular weight excluding hydrogens is 204 g/mol. The molecule has 16 heavy (non-hydrogen) atoms. The molecule has 0 saturated carbocycles. The highest BCUT2D eigenvalue weighted by Crippen LogP contribution is 2.31. The van der Waals surface area contributed by atoms with Crippen LogP contribution in [0.15, 0.2) is 39.3 Å². The lowest BCUT2D eigenvalue weighted by Gasteiger charge is -1.89. The van der Waals surface area contributed by atoms with Crippen molar-refractivity contribution in [1.29, 1.82) is 0 Å². The van der Waals surface area contributed by atoms with Gasteiger partial charge in [0.05, 0.1) is 0 Å². The highest BCUT2D eigenvalue weighted by molar-refractivity contribution is 5.82. The summed E-state index contributed by atoms with van der Waals surface area (Å²) in [6, 6.07) is 9.70. The van der Waals surface area contributed by atoms with Gasteiger partial charge in [0.1, 0.15) is 5.58 Å². The molecule has 2 aromatic heterocycles. The van der Waals surface area contributed by atoms with E-state index in [0.29, 0.717) is 17.3 Å². The third-order valence-electron chi connectivity index (χ3n) is 2.61. The summed E-state index contributed by atoms with van der Waals surface area (Å²) in [6.07, 6.45) is 0. The maximum Gasteiger partial charge on any atom is 0.207 e. The Hall–Kier alpha value is -2.23. The van der Waals surface area contributed by atoms with Crippen molar-refractivity contribution in [2.75, 3.05) is 5.73 Å². The number of hydrogen-bond donors (Lipinski definition) is 1. The van der Waals surface area contributed by atoms with Gasteiger partial charge in [-0.15, -0.1) is 0 Å². The molecule has 2 N–H and O–H groups in total. The number of anilines is 1. The van der Waals surface area contributed by atoms with Crippen LogP contribution in [0.5, 0.6) is 0 Å². The van der Waals surface area contributed by atoms with Gasteiger partial charge >= 0.3 is 0 Å². The quantitative estimate of drug-likeness (QED) is 0.676. The Kier molecular flexibility index (Phi) is 1.77. The van der Waals surface area contributed by atoms with Gasteiger partial charge in [0.25, 0.3) is 0 Å². The van der Waals surface area contributed by atoms with E-state index >= 15 is 0 Å². The first-order chi connectivity index (χ1) is 7.75. The van der Waals surface area contributed by atoms with Crippen LogP contribution in [0.3, 0.4) is 0 Å². The minimum absolute atomic E-state index is 0.399. The van der Waals surface area contributed by atoms with E-state index in [1.54, 1.807) is 0 Å². The largest absolute Gasteiger partial charge is 0.453 e. The Labute approximate surface area is 91.6 Å². The summed E-state index contributed by atoms with van der Waals surface area (Å²) in [5, 5.41) is 4.74. The summed E-state index contributed by atoms with van der Waals surface area (Å²) < 4.78 is 10.8. The zero-order valence-corrected chi connectivity index (χ0v) is 8.73. The van der Waals surface area contributed by atoms with Gasteiger partial charge in [0.2, 0.25) is 5.76 Å². The summed E-state index contributed by atoms with van der Waals surface area (Å²) in [4.78, 5) is 0. The first-order valence-electron chi connectivity index (χ1n) is 4.96. The van der Waals surface area contributed by atoms with Gasteiger partial charge in [-0.1, -0.05) is 23.4 Å². The lowest BCUT2D eigenvalue weighted by atomic mass is 10.2. The molecule has 0 fully saturated rings. The lowest BCUT2D eigenvalue weighted by Crippen LogP contribution is -1.85. The van der Waals surface area contributed by atoms with Crippen LogP contribution < -0.4 is 5.73 Å².